The van der Waals surface area contributed by atoms with Crippen LogP contribution < -0.4 is 10.1 Å². The van der Waals surface area contributed by atoms with E-state index < -0.39 is 0 Å². The van der Waals surface area contributed by atoms with E-state index >= 15 is 0 Å². The molecule has 0 bridgehead atoms. The van der Waals surface area contributed by atoms with Gasteiger partial charge in [0.2, 0.25) is 0 Å². The van der Waals surface area contributed by atoms with Crippen molar-refractivity contribution in [1.29, 1.82) is 0 Å². The minimum atomic E-state index is -0.341. The Morgan fingerprint density at radius 2 is 1.70 bits per heavy atom. The first-order valence-electron chi connectivity index (χ1n) is 13.2. The third-order valence-corrected chi connectivity index (χ3v) is 6.54. The Hall–Kier alpha value is -3.67. The number of hydrogen-bond donors (Lipinski definition) is 1. The zero-order valence-corrected chi connectivity index (χ0v) is 21.8. The highest BCUT2D eigenvalue weighted by atomic mass is 19.1. The molecule has 0 saturated carbocycles. The van der Waals surface area contributed by atoms with Gasteiger partial charge in [-0.2, -0.15) is 0 Å². The molecule has 0 aliphatic rings. The Balaban J connectivity index is 1.23. The van der Waals surface area contributed by atoms with Gasteiger partial charge in [0, 0.05) is 25.1 Å². The number of para-hydroxylation sites is 2. The van der Waals surface area contributed by atoms with E-state index in [0.717, 1.165) is 61.3 Å². The first-order valence-corrected chi connectivity index (χ1v) is 13.2. The lowest BCUT2D eigenvalue weighted by atomic mass is 10.0. The molecule has 1 amide bonds. The highest BCUT2D eigenvalue weighted by molar-refractivity contribution is 5.94. The van der Waals surface area contributed by atoms with Crippen LogP contribution in [0.15, 0.2) is 72.8 Å². The zero-order chi connectivity index (χ0) is 26.0. The molecule has 0 atom stereocenters. The standard InChI is InChI=1S/C31H36FN3O2/c1-23(2)24-14-18-27(19-15-24)37-22-8-21-35-29-10-6-5-9-28(29)34-30(35)11-4-3-7-20-33-31(36)25-12-16-26(32)17-13-25/h5-6,9-10,12-19,23H,3-4,7-8,11,20-22H2,1-2H3,(H,33,36). The van der Waals surface area contributed by atoms with Gasteiger partial charge in [-0.3, -0.25) is 4.79 Å². The fraction of sp³-hybridized carbons (Fsp3) is 0.355. The summed E-state index contributed by atoms with van der Waals surface area (Å²) in [5, 5.41) is 2.91. The molecule has 194 valence electrons. The number of benzene rings is 3. The van der Waals surface area contributed by atoms with Crippen LogP contribution in [0.3, 0.4) is 0 Å². The van der Waals surface area contributed by atoms with Crippen LogP contribution in [0.2, 0.25) is 0 Å². The molecule has 4 rings (SSSR count). The number of halogens is 1. The van der Waals surface area contributed by atoms with Crippen molar-refractivity contribution >= 4 is 16.9 Å². The number of carbonyl (C=O) groups is 1. The molecule has 37 heavy (non-hydrogen) atoms. The van der Waals surface area contributed by atoms with E-state index in [2.05, 4.69) is 66.2 Å². The van der Waals surface area contributed by atoms with Crippen molar-refractivity contribution in [2.45, 2.75) is 58.4 Å². The molecule has 1 N–H and O–H groups in total. The molecule has 4 aromatic rings. The lowest BCUT2D eigenvalue weighted by Gasteiger charge is -2.11. The topological polar surface area (TPSA) is 56.1 Å². The first kappa shape index (κ1) is 26.4. The van der Waals surface area contributed by atoms with Gasteiger partial charge < -0.3 is 14.6 Å². The van der Waals surface area contributed by atoms with Crippen molar-refractivity contribution in [1.82, 2.24) is 14.9 Å². The second-order valence-electron chi connectivity index (χ2n) is 9.67. The van der Waals surface area contributed by atoms with Crippen LogP contribution in [0, 0.1) is 5.82 Å². The van der Waals surface area contributed by atoms with E-state index in [1.54, 1.807) is 0 Å². The lowest BCUT2D eigenvalue weighted by molar-refractivity contribution is 0.0953. The maximum absolute atomic E-state index is 13.0. The summed E-state index contributed by atoms with van der Waals surface area (Å²) in [5.74, 6) is 2.01. The molecule has 5 nitrogen and oxygen atoms in total. The van der Waals surface area contributed by atoms with Gasteiger partial charge >= 0.3 is 0 Å². The molecule has 0 unspecified atom stereocenters. The maximum atomic E-state index is 13.0. The normalized spacial score (nSPS) is 11.2. The summed E-state index contributed by atoms with van der Waals surface area (Å²) < 4.78 is 21.3. The number of ether oxygens (including phenoxy) is 1. The number of nitrogens with one attached hydrogen (secondary N) is 1. The molecule has 1 heterocycles. The Labute approximate surface area is 218 Å². The molecule has 0 saturated heterocycles. The number of fused-ring (bicyclic) bond motifs is 1. The number of aromatic nitrogens is 2. The third kappa shape index (κ3) is 7.42. The number of nitrogens with zero attached hydrogens (tertiary/aromatic N) is 2. The number of aryl methyl sites for hydroxylation is 2. The van der Waals surface area contributed by atoms with Crippen LogP contribution in [-0.2, 0) is 13.0 Å². The number of imidazole rings is 1. The van der Waals surface area contributed by atoms with Crippen molar-refractivity contribution in [2.75, 3.05) is 13.2 Å². The summed E-state index contributed by atoms with van der Waals surface area (Å²) in [6.07, 6.45) is 4.65. The molecule has 6 heteroatoms. The maximum Gasteiger partial charge on any atom is 0.251 e. The van der Waals surface area contributed by atoms with Gasteiger partial charge in [0.15, 0.2) is 0 Å². The van der Waals surface area contributed by atoms with E-state index in [1.165, 1.54) is 29.8 Å². The minimum absolute atomic E-state index is 0.167. The van der Waals surface area contributed by atoms with Crippen LogP contribution in [0.1, 0.15) is 67.2 Å². The smallest absolute Gasteiger partial charge is 0.251 e. The number of carbonyl (C=O) groups excluding carboxylic acids is 1. The third-order valence-electron chi connectivity index (χ3n) is 6.54. The fourth-order valence-corrected chi connectivity index (χ4v) is 4.42. The molecule has 0 radical (unpaired) electrons. The van der Waals surface area contributed by atoms with Crippen LogP contribution in [0.5, 0.6) is 5.75 Å². The largest absolute Gasteiger partial charge is 0.494 e. The summed E-state index contributed by atoms with van der Waals surface area (Å²) in [7, 11) is 0. The average Bonchev–Trinajstić information content (AvgIpc) is 3.26. The number of unbranched alkanes of at least 4 members (excludes halogenated alkanes) is 2. The van der Waals surface area contributed by atoms with E-state index in [4.69, 9.17) is 9.72 Å². The van der Waals surface area contributed by atoms with Crippen molar-refractivity contribution in [3.8, 4) is 5.75 Å². The summed E-state index contributed by atoms with van der Waals surface area (Å²) in [6, 6.07) is 22.3. The molecular formula is C31H36FN3O2. The molecule has 3 aromatic carbocycles. The Kier molecular flexibility index (Phi) is 9.30. The molecule has 0 spiro atoms. The van der Waals surface area contributed by atoms with Crippen molar-refractivity contribution in [3.05, 3.63) is 95.6 Å². The fourth-order valence-electron chi connectivity index (χ4n) is 4.42. The Morgan fingerprint density at radius 1 is 0.946 bits per heavy atom. The second kappa shape index (κ2) is 13.0. The van der Waals surface area contributed by atoms with Gasteiger partial charge in [0.25, 0.3) is 5.91 Å². The quantitative estimate of drug-likeness (QED) is 0.203. The highest BCUT2D eigenvalue weighted by Crippen LogP contribution is 2.20. The highest BCUT2D eigenvalue weighted by Gasteiger charge is 2.11. The van der Waals surface area contributed by atoms with Crippen molar-refractivity contribution in [3.63, 3.8) is 0 Å². The molecule has 0 aliphatic heterocycles. The summed E-state index contributed by atoms with van der Waals surface area (Å²) in [4.78, 5) is 17.0. The van der Waals surface area contributed by atoms with E-state index in [0.29, 0.717) is 24.6 Å². The summed E-state index contributed by atoms with van der Waals surface area (Å²) in [6.45, 7) is 6.49. The molecule has 0 aliphatic carbocycles. The average molecular weight is 502 g/mol. The van der Waals surface area contributed by atoms with Crippen LogP contribution in [0.25, 0.3) is 11.0 Å². The molecule has 1 aromatic heterocycles. The predicted molar refractivity (Wildman–Crippen MR) is 147 cm³/mol. The summed E-state index contributed by atoms with van der Waals surface area (Å²) >= 11 is 0. The van der Waals surface area contributed by atoms with Crippen LogP contribution in [-0.4, -0.2) is 28.6 Å². The van der Waals surface area contributed by atoms with Crippen LogP contribution in [0.4, 0.5) is 4.39 Å². The van der Waals surface area contributed by atoms with Gasteiger partial charge in [-0.15, -0.1) is 0 Å². The van der Waals surface area contributed by atoms with Crippen molar-refractivity contribution < 1.29 is 13.9 Å². The molecule has 0 fully saturated rings. The Bertz CT molecular complexity index is 1280. The van der Waals surface area contributed by atoms with Crippen LogP contribution >= 0.6 is 0 Å². The monoisotopic (exact) mass is 501 g/mol. The number of amides is 1. The van der Waals surface area contributed by atoms with Gasteiger partial charge in [-0.25, -0.2) is 9.37 Å². The SMILES string of the molecule is CC(C)c1ccc(OCCCn2c(CCCCCNC(=O)c3ccc(F)cc3)nc3ccccc32)cc1. The summed E-state index contributed by atoms with van der Waals surface area (Å²) in [5.41, 5.74) is 3.98. The molecular weight excluding hydrogens is 465 g/mol. The Morgan fingerprint density at radius 3 is 2.46 bits per heavy atom. The number of hydrogen-bond acceptors (Lipinski definition) is 3. The minimum Gasteiger partial charge on any atom is -0.494 e. The van der Waals surface area contributed by atoms with Gasteiger partial charge in [-0.05, 0) is 79.3 Å². The van der Waals surface area contributed by atoms with Gasteiger partial charge in [-0.1, -0.05) is 44.5 Å². The van der Waals surface area contributed by atoms with Gasteiger partial charge in [0.1, 0.15) is 17.4 Å². The predicted octanol–water partition coefficient (Wildman–Crippen LogP) is 6.91. The lowest BCUT2D eigenvalue weighted by Crippen LogP contribution is -2.24. The number of rotatable bonds is 13. The second-order valence-corrected chi connectivity index (χ2v) is 9.67. The van der Waals surface area contributed by atoms with Gasteiger partial charge in [0.05, 0.1) is 17.6 Å². The van der Waals surface area contributed by atoms with Crippen molar-refractivity contribution in [2.24, 2.45) is 0 Å². The van der Waals surface area contributed by atoms with E-state index in [-0.39, 0.29) is 11.7 Å². The van der Waals surface area contributed by atoms with E-state index in [1.807, 2.05) is 6.07 Å². The zero-order valence-electron chi connectivity index (χ0n) is 21.8. The van der Waals surface area contributed by atoms with E-state index in [9.17, 15) is 9.18 Å². The first-order chi connectivity index (χ1) is 18.0.